The van der Waals surface area contributed by atoms with E-state index in [2.05, 4.69) is 21.4 Å². The van der Waals surface area contributed by atoms with E-state index < -0.39 is 0 Å². The van der Waals surface area contributed by atoms with E-state index in [9.17, 15) is 9.59 Å². The van der Waals surface area contributed by atoms with Gasteiger partial charge in [-0.1, -0.05) is 43.9 Å². The minimum absolute atomic E-state index is 0.0214. The summed E-state index contributed by atoms with van der Waals surface area (Å²) in [7, 11) is 1.64. The fourth-order valence-electron chi connectivity index (χ4n) is 4.05. The second-order valence-corrected chi connectivity index (χ2v) is 7.93. The van der Waals surface area contributed by atoms with E-state index >= 15 is 0 Å². The van der Waals surface area contributed by atoms with Gasteiger partial charge in [0, 0.05) is 36.6 Å². The van der Waals surface area contributed by atoms with Crippen molar-refractivity contribution in [1.82, 2.24) is 14.5 Å². The van der Waals surface area contributed by atoms with Crippen molar-refractivity contribution in [3.8, 4) is 11.3 Å². The van der Waals surface area contributed by atoms with Gasteiger partial charge in [0.25, 0.3) is 5.56 Å². The fourth-order valence-corrected chi connectivity index (χ4v) is 4.05. The first kappa shape index (κ1) is 20.0. The minimum atomic E-state index is -0.190. The summed E-state index contributed by atoms with van der Waals surface area (Å²) >= 11 is 0. The third kappa shape index (κ3) is 4.64. The van der Waals surface area contributed by atoms with Gasteiger partial charge in [-0.05, 0) is 36.1 Å². The van der Waals surface area contributed by atoms with Crippen molar-refractivity contribution < 1.29 is 4.79 Å². The summed E-state index contributed by atoms with van der Waals surface area (Å²) in [6, 6.07) is 13.0. The molecule has 1 aliphatic rings. The van der Waals surface area contributed by atoms with Crippen LogP contribution in [0.1, 0.15) is 41.6 Å². The topological polar surface area (TPSA) is 76.9 Å². The zero-order valence-corrected chi connectivity index (χ0v) is 17.2. The van der Waals surface area contributed by atoms with Gasteiger partial charge < -0.3 is 5.32 Å². The molecule has 1 fully saturated rings. The lowest BCUT2D eigenvalue weighted by molar-refractivity contribution is 0.101. The van der Waals surface area contributed by atoms with E-state index in [0.717, 1.165) is 17.9 Å². The maximum absolute atomic E-state index is 12.8. The zero-order chi connectivity index (χ0) is 20.9. The molecule has 0 amide bonds. The van der Waals surface area contributed by atoms with E-state index in [1.807, 2.05) is 18.2 Å². The number of hydrogen-bond donors (Lipinski definition) is 1. The minimum Gasteiger partial charge on any atom is -0.348 e. The fraction of sp³-hybridized carbons (Fsp3) is 0.333. The largest absolute Gasteiger partial charge is 0.348 e. The second-order valence-electron chi connectivity index (χ2n) is 7.93. The summed E-state index contributed by atoms with van der Waals surface area (Å²) in [6.07, 6.45) is 9.56. The Kier molecular flexibility index (Phi) is 6.02. The maximum atomic E-state index is 12.8. The maximum Gasteiger partial charge on any atom is 0.255 e. The molecule has 0 spiro atoms. The van der Waals surface area contributed by atoms with Gasteiger partial charge in [0.15, 0.2) is 5.78 Å². The second kappa shape index (κ2) is 9.03. The Morgan fingerprint density at radius 2 is 1.90 bits per heavy atom. The van der Waals surface area contributed by atoms with Gasteiger partial charge in [-0.3, -0.25) is 19.1 Å². The molecule has 1 N–H and O–H groups in total. The van der Waals surface area contributed by atoms with Crippen LogP contribution in [0.2, 0.25) is 0 Å². The van der Waals surface area contributed by atoms with Gasteiger partial charge in [-0.15, -0.1) is 0 Å². The van der Waals surface area contributed by atoms with Crippen LogP contribution >= 0.6 is 0 Å². The smallest absolute Gasteiger partial charge is 0.255 e. The molecule has 1 saturated carbocycles. The number of rotatable bonds is 7. The molecule has 6 nitrogen and oxygen atoms in total. The molecule has 0 bridgehead atoms. The quantitative estimate of drug-likeness (QED) is 0.607. The highest BCUT2D eigenvalue weighted by atomic mass is 16.1. The molecular weight excluding hydrogens is 376 g/mol. The van der Waals surface area contributed by atoms with Crippen LogP contribution in [-0.4, -0.2) is 26.9 Å². The van der Waals surface area contributed by atoms with Crippen LogP contribution in [0.25, 0.3) is 11.3 Å². The number of pyridine rings is 1. The molecule has 1 aromatic carbocycles. The summed E-state index contributed by atoms with van der Waals surface area (Å²) in [5.41, 5.74) is 3.07. The number of Topliss-reactive ketones (excluding diaryl/α,β-unsaturated/α-hetero) is 1. The van der Waals surface area contributed by atoms with Crippen LogP contribution in [0.3, 0.4) is 0 Å². The van der Waals surface area contributed by atoms with E-state index in [0.29, 0.717) is 17.2 Å². The first-order chi connectivity index (χ1) is 14.6. The van der Waals surface area contributed by atoms with Crippen molar-refractivity contribution in [3.05, 3.63) is 76.3 Å². The third-order valence-electron chi connectivity index (χ3n) is 5.77. The predicted octanol–water partition coefficient (Wildman–Crippen LogP) is 3.87. The lowest BCUT2D eigenvalue weighted by Crippen LogP contribution is -2.24. The zero-order valence-electron chi connectivity index (χ0n) is 17.2. The van der Waals surface area contributed by atoms with Crippen LogP contribution in [0.4, 0.5) is 5.95 Å². The SMILES string of the molecule is Cn1c(NCC(=O)c2cccc(CC3CCCC3)c2)nc(-c2ccncc2)cc1=O. The normalized spacial score (nSPS) is 14.0. The number of nitrogens with one attached hydrogen (secondary N) is 1. The molecule has 2 heterocycles. The van der Waals surface area contributed by atoms with E-state index in [-0.39, 0.29) is 17.9 Å². The Balaban J connectivity index is 1.47. The van der Waals surface area contributed by atoms with Gasteiger partial charge in [0.1, 0.15) is 0 Å². The van der Waals surface area contributed by atoms with Crippen LogP contribution in [0, 0.1) is 5.92 Å². The highest BCUT2D eigenvalue weighted by Crippen LogP contribution is 2.28. The highest BCUT2D eigenvalue weighted by molar-refractivity contribution is 5.99. The summed E-state index contributed by atoms with van der Waals surface area (Å²) in [6.45, 7) is 0.0763. The molecule has 3 aromatic rings. The lowest BCUT2D eigenvalue weighted by Gasteiger charge is -2.12. The first-order valence-electron chi connectivity index (χ1n) is 10.4. The number of ketones is 1. The average molecular weight is 402 g/mol. The van der Waals surface area contributed by atoms with Crippen LogP contribution in [-0.2, 0) is 13.5 Å². The van der Waals surface area contributed by atoms with Crippen molar-refractivity contribution in [3.63, 3.8) is 0 Å². The standard InChI is InChI=1S/C24H26N4O2/c1-28-23(30)15-21(19-9-11-25-12-10-19)27-24(28)26-16-22(29)20-8-4-7-18(14-20)13-17-5-2-3-6-17/h4,7-12,14-15,17H,2-3,5-6,13,16H2,1H3,(H,26,27). The van der Waals surface area contributed by atoms with Gasteiger partial charge >= 0.3 is 0 Å². The van der Waals surface area contributed by atoms with E-state index in [1.165, 1.54) is 41.9 Å². The number of carbonyl (C=O) groups excluding carboxylic acids is 1. The Bertz CT molecular complexity index is 1090. The van der Waals surface area contributed by atoms with Crippen LogP contribution in [0.15, 0.2) is 59.7 Å². The number of aromatic nitrogens is 3. The number of benzene rings is 1. The van der Waals surface area contributed by atoms with Crippen molar-refractivity contribution >= 4 is 11.7 Å². The summed E-state index contributed by atoms with van der Waals surface area (Å²) in [4.78, 5) is 33.6. The van der Waals surface area contributed by atoms with Crippen molar-refractivity contribution in [1.29, 1.82) is 0 Å². The monoisotopic (exact) mass is 402 g/mol. The molecule has 6 heteroatoms. The number of nitrogens with zero attached hydrogens (tertiary/aromatic N) is 3. The van der Waals surface area contributed by atoms with E-state index in [1.54, 1.807) is 31.6 Å². The molecule has 4 rings (SSSR count). The molecule has 0 radical (unpaired) electrons. The van der Waals surface area contributed by atoms with Crippen LogP contribution < -0.4 is 10.9 Å². The molecule has 0 atom stereocenters. The number of hydrogen-bond acceptors (Lipinski definition) is 5. The Hall–Kier alpha value is -3.28. The highest BCUT2D eigenvalue weighted by Gasteiger charge is 2.16. The Labute approximate surface area is 176 Å². The molecule has 0 saturated heterocycles. The van der Waals surface area contributed by atoms with Crippen LogP contribution in [0.5, 0.6) is 0 Å². The van der Waals surface area contributed by atoms with Gasteiger partial charge in [-0.25, -0.2) is 4.98 Å². The lowest BCUT2D eigenvalue weighted by atomic mass is 9.96. The Morgan fingerprint density at radius 1 is 1.13 bits per heavy atom. The molecule has 154 valence electrons. The summed E-state index contributed by atoms with van der Waals surface area (Å²) in [5, 5.41) is 3.04. The molecule has 0 aliphatic heterocycles. The number of carbonyl (C=O) groups is 1. The number of anilines is 1. The third-order valence-corrected chi connectivity index (χ3v) is 5.77. The molecule has 2 aromatic heterocycles. The molecule has 1 aliphatic carbocycles. The summed E-state index contributed by atoms with van der Waals surface area (Å²) < 4.78 is 1.41. The molecule has 30 heavy (non-hydrogen) atoms. The van der Waals surface area contributed by atoms with E-state index in [4.69, 9.17) is 0 Å². The van der Waals surface area contributed by atoms with Gasteiger partial charge in [-0.2, -0.15) is 0 Å². The first-order valence-corrected chi connectivity index (χ1v) is 10.4. The van der Waals surface area contributed by atoms with Gasteiger partial charge in [0.2, 0.25) is 5.95 Å². The van der Waals surface area contributed by atoms with Gasteiger partial charge in [0.05, 0.1) is 12.2 Å². The molecular formula is C24H26N4O2. The Morgan fingerprint density at radius 3 is 2.67 bits per heavy atom. The summed E-state index contributed by atoms with van der Waals surface area (Å²) in [5.74, 6) is 1.08. The molecule has 0 unspecified atom stereocenters. The van der Waals surface area contributed by atoms with Crippen molar-refractivity contribution in [2.75, 3.05) is 11.9 Å². The van der Waals surface area contributed by atoms with Crippen molar-refractivity contribution in [2.45, 2.75) is 32.1 Å². The predicted molar refractivity (Wildman–Crippen MR) is 118 cm³/mol. The average Bonchev–Trinajstić information content (AvgIpc) is 3.28. The van der Waals surface area contributed by atoms with Crippen molar-refractivity contribution in [2.24, 2.45) is 13.0 Å².